The SMILES string of the molecule is CC(=O)O.O=P(O)(O)O.[Co].[Co].[Mn].[Mn]. The van der Waals surface area contributed by atoms with Crippen LogP contribution in [0.5, 0.6) is 0 Å². The molecule has 0 bridgehead atoms. The zero-order valence-electron chi connectivity index (χ0n) is 5.98. The molecule has 0 saturated heterocycles. The van der Waals surface area contributed by atoms with E-state index in [4.69, 9.17) is 29.1 Å². The smallest absolute Gasteiger partial charge is 0.466 e. The maximum absolute atomic E-state index is 9.00. The first kappa shape index (κ1) is 36.5. The van der Waals surface area contributed by atoms with Gasteiger partial charge in [-0.2, -0.15) is 0 Å². The summed E-state index contributed by atoms with van der Waals surface area (Å²) in [5.41, 5.74) is 0. The van der Waals surface area contributed by atoms with Crippen molar-refractivity contribution in [3.05, 3.63) is 0 Å². The number of hydrogen-bond donors (Lipinski definition) is 4. The second kappa shape index (κ2) is 19.2. The van der Waals surface area contributed by atoms with Crippen LogP contribution in [0, 0.1) is 0 Å². The Hall–Kier alpha value is 1.63. The molecule has 11 heteroatoms. The van der Waals surface area contributed by atoms with Crippen LogP contribution in [0.4, 0.5) is 0 Å². The van der Waals surface area contributed by atoms with Gasteiger partial charge in [0.05, 0.1) is 0 Å². The van der Waals surface area contributed by atoms with Gasteiger partial charge in [-0.1, -0.05) is 0 Å². The Balaban J connectivity index is -0.0000000146. The molecule has 88 valence electrons. The van der Waals surface area contributed by atoms with E-state index in [1.807, 2.05) is 0 Å². The van der Waals surface area contributed by atoms with Gasteiger partial charge < -0.3 is 19.8 Å². The van der Waals surface area contributed by atoms with E-state index in [-0.39, 0.29) is 67.7 Å². The molecule has 0 aromatic heterocycles. The predicted molar refractivity (Wildman–Crippen MR) is 27.6 cm³/mol. The largest absolute Gasteiger partial charge is 0.481 e. The van der Waals surface area contributed by atoms with Gasteiger partial charge in [0.1, 0.15) is 0 Å². The zero-order chi connectivity index (χ0) is 8.08. The van der Waals surface area contributed by atoms with E-state index in [0.29, 0.717) is 0 Å². The van der Waals surface area contributed by atoms with Crippen LogP contribution in [0.25, 0.3) is 0 Å². The van der Waals surface area contributed by atoms with Gasteiger partial charge in [0.25, 0.3) is 5.97 Å². The number of carbonyl (C=O) groups is 1. The summed E-state index contributed by atoms with van der Waals surface area (Å²) in [6.07, 6.45) is 0. The van der Waals surface area contributed by atoms with Crippen LogP contribution in [-0.4, -0.2) is 25.8 Å². The van der Waals surface area contributed by atoms with Crippen LogP contribution in [0.2, 0.25) is 0 Å². The Kier molecular flexibility index (Phi) is 54.0. The molecule has 0 aliphatic rings. The molecule has 0 amide bonds. The Labute approximate surface area is 117 Å². The molecule has 0 saturated carbocycles. The van der Waals surface area contributed by atoms with Crippen molar-refractivity contribution in [2.45, 2.75) is 6.92 Å². The molecule has 0 aromatic rings. The third-order valence-electron chi connectivity index (χ3n) is 0. The first-order valence-electron chi connectivity index (χ1n) is 1.71. The first-order valence-corrected chi connectivity index (χ1v) is 3.28. The van der Waals surface area contributed by atoms with Crippen LogP contribution in [-0.2, 0) is 77.1 Å². The van der Waals surface area contributed by atoms with E-state index in [2.05, 4.69) is 0 Å². The molecular weight excluding hydrogens is 379 g/mol. The molecule has 0 spiro atoms. The fourth-order valence-corrected chi connectivity index (χ4v) is 0. The van der Waals surface area contributed by atoms with Crippen molar-refractivity contribution in [1.29, 1.82) is 0 Å². The molecule has 0 fully saturated rings. The molecule has 13 heavy (non-hydrogen) atoms. The Bertz CT molecular complexity index is 126. The molecule has 0 heterocycles. The zero-order valence-corrected chi connectivity index (χ0v) is 11.3. The molecule has 0 atom stereocenters. The number of carboxylic acids is 1. The number of carboxylic acid groups (broad SMARTS) is 1. The van der Waals surface area contributed by atoms with Gasteiger partial charge in [0.2, 0.25) is 0 Å². The fraction of sp³-hybridized carbons (Fsp3) is 0.500. The normalized spacial score (nSPS) is 6.46. The molecule has 0 unspecified atom stereocenters. The van der Waals surface area contributed by atoms with E-state index in [0.717, 1.165) is 6.92 Å². The monoisotopic (exact) mass is 386 g/mol. The molecule has 0 aliphatic heterocycles. The molecular formula is C2H7Co2Mn2O6P. The number of hydrogen-bond acceptors (Lipinski definition) is 2. The van der Waals surface area contributed by atoms with Crippen LogP contribution in [0.15, 0.2) is 0 Å². The summed E-state index contributed by atoms with van der Waals surface area (Å²) in [6.45, 7) is 1.08. The predicted octanol–water partition coefficient (Wildman–Crippen LogP) is -0.848. The first-order chi connectivity index (χ1) is 3.73. The summed E-state index contributed by atoms with van der Waals surface area (Å²) in [5, 5.41) is 7.42. The van der Waals surface area contributed by atoms with Crippen molar-refractivity contribution in [1.82, 2.24) is 0 Å². The summed E-state index contributed by atoms with van der Waals surface area (Å²) in [4.78, 5) is 30.6. The number of phosphoric acid groups is 1. The molecule has 0 aromatic carbocycles. The van der Waals surface area contributed by atoms with E-state index < -0.39 is 13.8 Å². The van der Waals surface area contributed by atoms with Crippen LogP contribution < -0.4 is 0 Å². The molecule has 4 N–H and O–H groups in total. The summed E-state index contributed by atoms with van der Waals surface area (Å²) in [7, 11) is -4.64. The average molecular weight is 386 g/mol. The minimum atomic E-state index is -4.64. The van der Waals surface area contributed by atoms with Gasteiger partial charge in [-0.05, 0) is 0 Å². The maximum atomic E-state index is 9.00. The van der Waals surface area contributed by atoms with Gasteiger partial charge in [0.15, 0.2) is 0 Å². The van der Waals surface area contributed by atoms with Crippen molar-refractivity contribution in [3.8, 4) is 0 Å². The summed E-state index contributed by atoms with van der Waals surface area (Å²) < 4.78 is 8.88. The van der Waals surface area contributed by atoms with Gasteiger partial charge in [-0.25, -0.2) is 4.57 Å². The minimum Gasteiger partial charge on any atom is -0.481 e. The van der Waals surface area contributed by atoms with E-state index >= 15 is 0 Å². The van der Waals surface area contributed by atoms with Crippen LogP contribution in [0.1, 0.15) is 6.92 Å². The quantitative estimate of drug-likeness (QED) is 0.319. The van der Waals surface area contributed by atoms with Crippen LogP contribution in [0.3, 0.4) is 0 Å². The molecule has 6 nitrogen and oxygen atoms in total. The van der Waals surface area contributed by atoms with Gasteiger partial charge >= 0.3 is 7.82 Å². The maximum Gasteiger partial charge on any atom is 0.466 e. The van der Waals surface area contributed by atoms with Crippen molar-refractivity contribution in [2.24, 2.45) is 0 Å². The minimum absolute atomic E-state index is 0. The Morgan fingerprint density at radius 2 is 1.08 bits per heavy atom. The fourth-order valence-electron chi connectivity index (χ4n) is 0. The second-order valence-electron chi connectivity index (χ2n) is 1.03. The number of rotatable bonds is 0. The standard InChI is InChI=1S/C2H4O2.2Co.2Mn.H3O4P/c1-2(3)4;;;;;1-5(2,3)4/h1H3,(H,3,4);;;;;(H3,1,2,3,4). The summed E-state index contributed by atoms with van der Waals surface area (Å²) >= 11 is 0. The molecule has 0 aliphatic carbocycles. The second-order valence-corrected chi connectivity index (χ2v) is 2.06. The third-order valence-corrected chi connectivity index (χ3v) is 0. The number of aliphatic carboxylic acids is 1. The van der Waals surface area contributed by atoms with Crippen molar-refractivity contribution >= 4 is 13.8 Å². The topological polar surface area (TPSA) is 115 Å². The Morgan fingerprint density at radius 1 is 1.08 bits per heavy atom. The van der Waals surface area contributed by atoms with Gasteiger partial charge in [0, 0.05) is 74.6 Å². The van der Waals surface area contributed by atoms with Gasteiger partial charge in [-0.3, -0.25) is 4.79 Å². The molecule has 4 radical (unpaired) electrons. The summed E-state index contributed by atoms with van der Waals surface area (Å²) in [6, 6.07) is 0. The van der Waals surface area contributed by atoms with Crippen molar-refractivity contribution in [3.63, 3.8) is 0 Å². The Morgan fingerprint density at radius 3 is 1.08 bits per heavy atom. The third kappa shape index (κ3) is 693. The van der Waals surface area contributed by atoms with Crippen LogP contribution >= 0.6 is 7.82 Å². The molecule has 0 rings (SSSR count). The summed E-state index contributed by atoms with van der Waals surface area (Å²) in [5.74, 6) is -0.833. The van der Waals surface area contributed by atoms with E-state index in [9.17, 15) is 0 Å². The van der Waals surface area contributed by atoms with E-state index in [1.54, 1.807) is 0 Å². The van der Waals surface area contributed by atoms with Crippen molar-refractivity contribution in [2.75, 3.05) is 0 Å². The van der Waals surface area contributed by atoms with Gasteiger partial charge in [-0.15, -0.1) is 0 Å². The van der Waals surface area contributed by atoms with E-state index in [1.165, 1.54) is 0 Å². The van der Waals surface area contributed by atoms with Crippen molar-refractivity contribution < 1.29 is 96.8 Å². The average Bonchev–Trinajstić information content (AvgIpc) is 1.19.